The quantitative estimate of drug-likeness (QED) is 0.474. The maximum Gasteiger partial charge on any atom is 0.233 e. The second kappa shape index (κ2) is 10.4. The Hall–Kier alpha value is -1.66. The molecule has 156 valence electrons. The first-order valence-corrected chi connectivity index (χ1v) is 10.6. The van der Waals surface area contributed by atoms with Crippen LogP contribution in [0.3, 0.4) is 0 Å². The molecule has 3 rings (SSSR count). The Morgan fingerprint density at radius 3 is 2.41 bits per heavy atom. The highest BCUT2D eigenvalue weighted by molar-refractivity contribution is 7.22. The number of amides is 1. The van der Waals surface area contributed by atoms with Crippen LogP contribution in [0.2, 0.25) is 5.02 Å². The lowest BCUT2D eigenvalue weighted by Gasteiger charge is -2.21. The van der Waals surface area contributed by atoms with Gasteiger partial charge in [-0.3, -0.25) is 9.69 Å². The molecule has 0 unspecified atom stereocenters. The molecule has 1 amide bonds. The summed E-state index contributed by atoms with van der Waals surface area (Å²) in [6, 6.07) is 11.7. The average molecular weight is 452 g/mol. The average Bonchev–Trinajstić information content (AvgIpc) is 3.10. The highest BCUT2D eigenvalue weighted by Gasteiger charge is 2.21. The number of carbonyl (C=O) groups is 1. The van der Waals surface area contributed by atoms with Gasteiger partial charge in [0.15, 0.2) is 5.13 Å². The predicted octanol–water partition coefficient (Wildman–Crippen LogP) is 5.52. The number of rotatable bonds is 7. The Kier molecular flexibility index (Phi) is 8.46. The normalized spacial score (nSPS) is 11.0. The molecule has 1 aromatic heterocycles. The number of hydrogen-bond acceptors (Lipinski definition) is 4. The van der Waals surface area contributed by atoms with Crippen LogP contribution in [0.15, 0.2) is 36.4 Å². The van der Waals surface area contributed by atoms with E-state index in [0.717, 1.165) is 39.4 Å². The fraction of sp³-hybridized carbons (Fsp3) is 0.364. The third kappa shape index (κ3) is 5.70. The van der Waals surface area contributed by atoms with E-state index in [0.29, 0.717) is 11.6 Å². The number of thiazole rings is 1. The van der Waals surface area contributed by atoms with Crippen LogP contribution < -0.4 is 4.90 Å². The van der Waals surface area contributed by atoms with E-state index in [2.05, 4.69) is 30.9 Å². The summed E-state index contributed by atoms with van der Waals surface area (Å²) >= 11 is 7.88. The van der Waals surface area contributed by atoms with Gasteiger partial charge in [-0.2, -0.15) is 0 Å². The molecule has 0 saturated carbocycles. The van der Waals surface area contributed by atoms with Gasteiger partial charge < -0.3 is 4.90 Å². The van der Waals surface area contributed by atoms with Crippen LogP contribution in [-0.2, 0) is 11.2 Å². The first-order chi connectivity index (χ1) is 13.4. The first-order valence-electron chi connectivity index (χ1n) is 9.42. The summed E-state index contributed by atoms with van der Waals surface area (Å²) in [5.74, 6) is 0.0289. The Morgan fingerprint density at radius 1 is 1.07 bits per heavy atom. The summed E-state index contributed by atoms with van der Waals surface area (Å²) < 4.78 is 1.15. The van der Waals surface area contributed by atoms with Gasteiger partial charge in [0.1, 0.15) is 0 Å². The molecule has 3 aromatic rings. The minimum Gasteiger partial charge on any atom is -0.309 e. The van der Waals surface area contributed by atoms with Crippen LogP contribution in [0.25, 0.3) is 10.2 Å². The monoisotopic (exact) mass is 451 g/mol. The van der Waals surface area contributed by atoms with Crippen molar-refractivity contribution in [3.63, 3.8) is 0 Å². The van der Waals surface area contributed by atoms with E-state index in [1.807, 2.05) is 43.3 Å². The van der Waals surface area contributed by atoms with Gasteiger partial charge in [0, 0.05) is 11.6 Å². The molecule has 4 nitrogen and oxygen atoms in total. The van der Waals surface area contributed by atoms with E-state index in [4.69, 9.17) is 16.6 Å². The molecular weight excluding hydrogens is 425 g/mol. The Balaban J connectivity index is 0.00000300. The van der Waals surface area contributed by atoms with Gasteiger partial charge in [-0.05, 0) is 63.7 Å². The third-order valence-electron chi connectivity index (χ3n) is 4.75. The van der Waals surface area contributed by atoms with E-state index in [1.54, 1.807) is 11.3 Å². The van der Waals surface area contributed by atoms with E-state index >= 15 is 0 Å². The van der Waals surface area contributed by atoms with Gasteiger partial charge in [0.2, 0.25) is 5.91 Å². The van der Waals surface area contributed by atoms with Gasteiger partial charge >= 0.3 is 0 Å². The smallest absolute Gasteiger partial charge is 0.233 e. The van der Waals surface area contributed by atoms with Crippen molar-refractivity contribution in [2.75, 3.05) is 32.1 Å². The van der Waals surface area contributed by atoms with Gasteiger partial charge in [-0.25, -0.2) is 4.98 Å². The van der Waals surface area contributed by atoms with Crippen LogP contribution in [0.5, 0.6) is 0 Å². The molecule has 7 heteroatoms. The minimum absolute atomic E-state index is 0. The van der Waals surface area contributed by atoms with Crippen molar-refractivity contribution in [3.05, 3.63) is 58.1 Å². The molecule has 0 atom stereocenters. The number of aromatic nitrogens is 1. The SMILES string of the molecule is Cc1ccc(C)c2sc(N(CCCN(C)C)C(=O)Cc3ccccc3Cl)nc12.Cl. The number of nitrogens with zero attached hydrogens (tertiary/aromatic N) is 3. The number of halogens is 2. The summed E-state index contributed by atoms with van der Waals surface area (Å²) in [7, 11) is 4.08. The van der Waals surface area contributed by atoms with E-state index in [-0.39, 0.29) is 24.7 Å². The van der Waals surface area contributed by atoms with Crippen molar-refractivity contribution < 1.29 is 4.79 Å². The lowest BCUT2D eigenvalue weighted by molar-refractivity contribution is -0.118. The number of hydrogen-bond donors (Lipinski definition) is 0. The number of benzene rings is 2. The Labute approximate surface area is 187 Å². The lowest BCUT2D eigenvalue weighted by Crippen LogP contribution is -2.34. The van der Waals surface area contributed by atoms with Gasteiger partial charge in [0.25, 0.3) is 0 Å². The molecule has 0 aliphatic carbocycles. The first kappa shape index (κ1) is 23.6. The summed E-state index contributed by atoms with van der Waals surface area (Å²) in [5, 5.41) is 1.39. The van der Waals surface area contributed by atoms with Crippen molar-refractivity contribution >= 4 is 56.6 Å². The predicted molar refractivity (Wildman–Crippen MR) is 127 cm³/mol. The summed E-state index contributed by atoms with van der Waals surface area (Å²) in [6.45, 7) is 5.71. The number of carbonyl (C=O) groups excluding carboxylic acids is 1. The highest BCUT2D eigenvalue weighted by atomic mass is 35.5. The van der Waals surface area contributed by atoms with Crippen molar-refractivity contribution in [2.45, 2.75) is 26.7 Å². The second-order valence-corrected chi connectivity index (χ2v) is 8.73. The molecular formula is C22H27Cl2N3OS. The lowest BCUT2D eigenvalue weighted by atomic mass is 10.1. The summed E-state index contributed by atoms with van der Waals surface area (Å²) in [6.07, 6.45) is 1.16. The topological polar surface area (TPSA) is 36.4 Å². The number of aryl methyl sites for hydroxylation is 2. The zero-order valence-corrected chi connectivity index (χ0v) is 19.6. The third-order valence-corrected chi connectivity index (χ3v) is 6.33. The molecule has 0 saturated heterocycles. The molecule has 2 aromatic carbocycles. The van der Waals surface area contributed by atoms with Gasteiger partial charge in [-0.15, -0.1) is 12.4 Å². The van der Waals surface area contributed by atoms with Crippen molar-refractivity contribution in [1.29, 1.82) is 0 Å². The van der Waals surface area contributed by atoms with Crippen LogP contribution in [-0.4, -0.2) is 43.0 Å². The maximum absolute atomic E-state index is 13.2. The van der Waals surface area contributed by atoms with Crippen molar-refractivity contribution in [3.8, 4) is 0 Å². The fourth-order valence-corrected chi connectivity index (χ4v) is 4.49. The van der Waals surface area contributed by atoms with Crippen molar-refractivity contribution in [2.24, 2.45) is 0 Å². The molecule has 0 aliphatic heterocycles. The standard InChI is InChI=1S/C22H26ClN3OS.ClH/c1-15-10-11-16(2)21-20(15)24-22(28-21)26(13-7-12-25(3)4)19(27)14-17-8-5-6-9-18(17)23;/h5-6,8-11H,7,12-14H2,1-4H3;1H. The zero-order valence-electron chi connectivity index (χ0n) is 17.2. The molecule has 1 heterocycles. The molecule has 0 aliphatic rings. The molecule has 0 spiro atoms. The van der Waals surface area contributed by atoms with Crippen LogP contribution in [0.1, 0.15) is 23.1 Å². The molecule has 0 radical (unpaired) electrons. The fourth-order valence-electron chi connectivity index (χ4n) is 3.14. The highest BCUT2D eigenvalue weighted by Crippen LogP contribution is 2.33. The largest absolute Gasteiger partial charge is 0.309 e. The van der Waals surface area contributed by atoms with Crippen LogP contribution in [0.4, 0.5) is 5.13 Å². The second-order valence-electron chi connectivity index (χ2n) is 7.34. The summed E-state index contributed by atoms with van der Waals surface area (Å²) in [5.41, 5.74) is 4.16. The van der Waals surface area contributed by atoms with E-state index < -0.39 is 0 Å². The van der Waals surface area contributed by atoms with Crippen LogP contribution >= 0.6 is 35.3 Å². The van der Waals surface area contributed by atoms with Gasteiger partial charge in [-0.1, -0.05) is 53.3 Å². The van der Waals surface area contributed by atoms with E-state index in [9.17, 15) is 4.79 Å². The van der Waals surface area contributed by atoms with Crippen LogP contribution in [0, 0.1) is 13.8 Å². The Morgan fingerprint density at radius 2 is 1.76 bits per heavy atom. The molecule has 0 fully saturated rings. The minimum atomic E-state index is 0. The maximum atomic E-state index is 13.2. The number of fused-ring (bicyclic) bond motifs is 1. The van der Waals surface area contributed by atoms with Crippen molar-refractivity contribution in [1.82, 2.24) is 9.88 Å². The van der Waals surface area contributed by atoms with Gasteiger partial charge in [0.05, 0.1) is 16.6 Å². The number of anilines is 1. The summed E-state index contributed by atoms with van der Waals surface area (Å²) in [4.78, 5) is 22.0. The van der Waals surface area contributed by atoms with E-state index in [1.165, 1.54) is 5.56 Å². The molecule has 0 N–H and O–H groups in total. The molecule has 0 bridgehead atoms. The Bertz CT molecular complexity index is 948. The molecule has 29 heavy (non-hydrogen) atoms. The zero-order chi connectivity index (χ0) is 20.3.